The zero-order valence-electron chi connectivity index (χ0n) is 13.9. The SMILES string of the molecule is Cn1nc(C(=O)Nc2ncn(Cc3ccc(Cl)cc3Cl)n2)c(Cl)c1C(F)(F)F. The summed E-state index contributed by atoms with van der Waals surface area (Å²) in [6.45, 7) is 0.238. The van der Waals surface area contributed by atoms with Crippen LogP contribution in [0.25, 0.3) is 0 Å². The second-order valence-electron chi connectivity index (χ2n) is 5.59. The Kier molecular flexibility index (Phi) is 5.55. The number of halogens is 6. The first-order valence-corrected chi connectivity index (χ1v) is 8.64. The molecule has 1 amide bonds. The molecule has 1 N–H and O–H groups in total. The van der Waals surface area contributed by atoms with Crippen LogP contribution in [-0.4, -0.2) is 30.5 Å². The van der Waals surface area contributed by atoms with Crippen LogP contribution in [0.15, 0.2) is 24.5 Å². The van der Waals surface area contributed by atoms with E-state index in [2.05, 4.69) is 20.5 Å². The van der Waals surface area contributed by atoms with Gasteiger partial charge in [0, 0.05) is 17.1 Å². The summed E-state index contributed by atoms with van der Waals surface area (Å²) in [5.41, 5.74) is -1.11. The summed E-state index contributed by atoms with van der Waals surface area (Å²) >= 11 is 17.6. The molecule has 0 saturated heterocycles. The number of hydrogen-bond donors (Lipinski definition) is 1. The Hall–Kier alpha value is -2.30. The molecule has 2 aromatic heterocycles. The van der Waals surface area contributed by atoms with Crippen LogP contribution in [0.4, 0.5) is 19.1 Å². The van der Waals surface area contributed by atoms with Crippen LogP contribution in [0, 0.1) is 0 Å². The highest BCUT2D eigenvalue weighted by Gasteiger charge is 2.40. The number of aromatic nitrogens is 5. The lowest BCUT2D eigenvalue weighted by Gasteiger charge is -2.06. The lowest BCUT2D eigenvalue weighted by molar-refractivity contribution is -0.143. The largest absolute Gasteiger partial charge is 0.434 e. The first kappa shape index (κ1) is 20.4. The molecule has 0 aliphatic carbocycles. The number of nitrogens with one attached hydrogen (secondary N) is 1. The summed E-state index contributed by atoms with van der Waals surface area (Å²) < 4.78 is 40.7. The summed E-state index contributed by atoms with van der Waals surface area (Å²) in [4.78, 5) is 16.1. The zero-order valence-corrected chi connectivity index (χ0v) is 16.2. The maximum atomic E-state index is 13.0. The lowest BCUT2D eigenvalue weighted by Crippen LogP contribution is -2.15. The molecular weight excluding hydrogens is 444 g/mol. The summed E-state index contributed by atoms with van der Waals surface area (Å²) in [6, 6.07) is 4.93. The van der Waals surface area contributed by atoms with Crippen molar-refractivity contribution in [1.29, 1.82) is 0 Å². The van der Waals surface area contributed by atoms with Crippen LogP contribution in [0.1, 0.15) is 21.7 Å². The van der Waals surface area contributed by atoms with Gasteiger partial charge in [-0.1, -0.05) is 40.9 Å². The van der Waals surface area contributed by atoms with Crippen molar-refractivity contribution in [1.82, 2.24) is 24.5 Å². The van der Waals surface area contributed by atoms with Gasteiger partial charge in [0.05, 0.1) is 6.54 Å². The average molecular weight is 454 g/mol. The quantitative estimate of drug-likeness (QED) is 0.639. The fraction of sp³-hybridized carbons (Fsp3) is 0.200. The number of amides is 1. The summed E-state index contributed by atoms with van der Waals surface area (Å²) in [5.74, 6) is -1.11. The predicted molar refractivity (Wildman–Crippen MR) is 96.8 cm³/mol. The molecule has 0 fully saturated rings. The molecule has 0 saturated carbocycles. The van der Waals surface area contributed by atoms with Gasteiger partial charge in [-0.05, 0) is 17.7 Å². The van der Waals surface area contributed by atoms with E-state index in [0.717, 1.165) is 7.05 Å². The molecule has 0 aliphatic heterocycles. The Labute approximate surface area is 171 Å². The van der Waals surface area contributed by atoms with Gasteiger partial charge in [0.2, 0.25) is 5.95 Å². The molecule has 28 heavy (non-hydrogen) atoms. The van der Waals surface area contributed by atoms with Crippen molar-refractivity contribution in [2.45, 2.75) is 12.7 Å². The van der Waals surface area contributed by atoms with Crippen molar-refractivity contribution >= 4 is 46.7 Å². The number of nitrogens with zero attached hydrogens (tertiary/aromatic N) is 5. The monoisotopic (exact) mass is 452 g/mol. The Morgan fingerprint density at radius 3 is 2.54 bits per heavy atom. The van der Waals surface area contributed by atoms with E-state index < -0.39 is 28.5 Å². The van der Waals surface area contributed by atoms with Crippen LogP contribution >= 0.6 is 34.8 Å². The van der Waals surface area contributed by atoms with Crippen molar-refractivity contribution in [2.24, 2.45) is 7.05 Å². The molecular formula is C15H10Cl3F3N6O. The first-order valence-electron chi connectivity index (χ1n) is 7.50. The van der Waals surface area contributed by atoms with E-state index in [0.29, 0.717) is 20.3 Å². The number of carbonyl (C=O) groups is 1. The molecule has 3 rings (SSSR count). The van der Waals surface area contributed by atoms with Crippen LogP contribution in [0.2, 0.25) is 15.1 Å². The molecule has 0 aliphatic rings. The second-order valence-corrected chi connectivity index (χ2v) is 6.81. The standard InChI is InChI=1S/C15H10Cl3F3N6O/c1-26-12(15(19,20)21)10(18)11(24-26)13(28)23-14-22-6-27(25-14)5-7-2-3-8(16)4-9(7)17/h2-4,6H,5H2,1H3,(H,23,25,28). The third-order valence-corrected chi connectivity index (χ3v) is 4.53. The van der Waals surface area contributed by atoms with Gasteiger partial charge in [0.1, 0.15) is 11.3 Å². The molecule has 3 aromatic rings. The third kappa shape index (κ3) is 4.23. The third-order valence-electron chi connectivity index (χ3n) is 3.58. The van der Waals surface area contributed by atoms with Crippen LogP contribution < -0.4 is 5.32 Å². The Balaban J connectivity index is 1.76. The Morgan fingerprint density at radius 2 is 1.93 bits per heavy atom. The number of carbonyl (C=O) groups excluding carboxylic acids is 1. The molecule has 0 unspecified atom stereocenters. The smallest absolute Gasteiger partial charge is 0.288 e. The molecule has 148 valence electrons. The van der Waals surface area contributed by atoms with Gasteiger partial charge in [0.15, 0.2) is 11.4 Å². The highest BCUT2D eigenvalue weighted by atomic mass is 35.5. The van der Waals surface area contributed by atoms with Crippen LogP contribution in [-0.2, 0) is 19.8 Å². The average Bonchev–Trinajstić information content (AvgIpc) is 3.13. The fourth-order valence-corrected chi connectivity index (χ4v) is 3.19. The minimum Gasteiger partial charge on any atom is -0.288 e. The van der Waals surface area contributed by atoms with Crippen LogP contribution in [0.3, 0.4) is 0 Å². The van der Waals surface area contributed by atoms with Gasteiger partial charge in [0.25, 0.3) is 5.91 Å². The molecule has 0 radical (unpaired) electrons. The Morgan fingerprint density at radius 1 is 1.21 bits per heavy atom. The lowest BCUT2D eigenvalue weighted by atomic mass is 10.2. The highest BCUT2D eigenvalue weighted by molar-refractivity contribution is 6.35. The van der Waals surface area contributed by atoms with Crippen molar-refractivity contribution in [3.8, 4) is 0 Å². The summed E-state index contributed by atoms with van der Waals surface area (Å²) in [5, 5.41) is 9.91. The number of benzene rings is 1. The number of hydrogen-bond acceptors (Lipinski definition) is 4. The van der Waals surface area contributed by atoms with E-state index in [-0.39, 0.29) is 12.5 Å². The van der Waals surface area contributed by atoms with Crippen molar-refractivity contribution in [3.05, 3.63) is 56.5 Å². The molecule has 0 spiro atoms. The summed E-state index contributed by atoms with van der Waals surface area (Å²) in [7, 11) is 1.04. The van der Waals surface area contributed by atoms with E-state index in [1.165, 1.54) is 11.0 Å². The fourth-order valence-electron chi connectivity index (χ4n) is 2.36. The van der Waals surface area contributed by atoms with E-state index in [9.17, 15) is 18.0 Å². The number of anilines is 1. The maximum absolute atomic E-state index is 13.0. The van der Waals surface area contributed by atoms with Gasteiger partial charge in [-0.15, -0.1) is 5.10 Å². The van der Waals surface area contributed by atoms with Crippen LogP contribution in [0.5, 0.6) is 0 Å². The van der Waals surface area contributed by atoms with E-state index >= 15 is 0 Å². The van der Waals surface area contributed by atoms with E-state index in [1.807, 2.05) is 0 Å². The van der Waals surface area contributed by atoms with Crippen molar-refractivity contribution in [2.75, 3.05) is 5.32 Å². The molecule has 13 heteroatoms. The number of rotatable bonds is 4. The minimum atomic E-state index is -4.75. The van der Waals surface area contributed by atoms with Gasteiger partial charge in [-0.25, -0.2) is 9.67 Å². The predicted octanol–water partition coefficient (Wildman–Crippen LogP) is 4.29. The second kappa shape index (κ2) is 7.61. The molecule has 1 aromatic carbocycles. The van der Waals surface area contributed by atoms with Gasteiger partial charge in [-0.3, -0.25) is 14.8 Å². The molecule has 0 atom stereocenters. The molecule has 2 heterocycles. The van der Waals surface area contributed by atoms with E-state index in [4.69, 9.17) is 34.8 Å². The number of alkyl halides is 3. The van der Waals surface area contributed by atoms with Gasteiger partial charge >= 0.3 is 6.18 Å². The van der Waals surface area contributed by atoms with E-state index in [1.54, 1.807) is 18.2 Å². The number of aryl methyl sites for hydroxylation is 1. The van der Waals surface area contributed by atoms with Gasteiger partial charge in [-0.2, -0.15) is 18.3 Å². The highest BCUT2D eigenvalue weighted by Crippen LogP contribution is 2.36. The molecule has 0 bridgehead atoms. The van der Waals surface area contributed by atoms with Crippen molar-refractivity contribution in [3.63, 3.8) is 0 Å². The topological polar surface area (TPSA) is 77.6 Å². The Bertz CT molecular complexity index is 1050. The summed E-state index contributed by atoms with van der Waals surface area (Å²) in [6.07, 6.45) is -3.43. The normalized spacial score (nSPS) is 11.7. The zero-order chi connectivity index (χ0) is 20.6. The van der Waals surface area contributed by atoms with Gasteiger partial charge < -0.3 is 0 Å². The first-order chi connectivity index (χ1) is 13.1. The minimum absolute atomic E-state index is 0.134. The van der Waals surface area contributed by atoms with Crippen molar-refractivity contribution < 1.29 is 18.0 Å². The molecule has 7 nitrogen and oxygen atoms in total. The maximum Gasteiger partial charge on any atom is 0.434 e.